The maximum Gasteiger partial charge on any atom is 0.290 e. The molecule has 32 heavy (non-hydrogen) atoms. The molecular weight excluding hydrogens is 425 g/mol. The molecule has 5 fully saturated rings. The number of imide groups is 1. The minimum Gasteiger partial charge on any atom is -0.508 e. The standard InChI is InChI=1S/C26H24FNO3S/c27-21-8-14(9-23-24(30)28-25(31)32-23)1-3-19(21)18-2-4-22(29)20(10-18)26-11-15-5-16(12-26)7-17(6-15)13-26/h1-4,8-10,15-17,29H,5-7,11-13H2,(H,28,30,31)/b23-9-. The Bertz CT molecular complexity index is 1150. The van der Waals surface area contributed by atoms with Gasteiger partial charge in [-0.2, -0.15) is 0 Å². The third-order valence-corrected chi connectivity index (χ3v) is 8.66. The zero-order valence-corrected chi connectivity index (χ0v) is 18.4. The van der Waals surface area contributed by atoms with Gasteiger partial charge in [-0.25, -0.2) is 4.39 Å². The summed E-state index contributed by atoms with van der Waals surface area (Å²) >= 11 is 0.817. The van der Waals surface area contributed by atoms with Gasteiger partial charge in [-0.05, 0) is 109 Å². The molecule has 1 saturated heterocycles. The highest BCUT2D eigenvalue weighted by atomic mass is 32.2. The van der Waals surface area contributed by atoms with Gasteiger partial charge in [-0.3, -0.25) is 14.9 Å². The van der Waals surface area contributed by atoms with Crippen LogP contribution in [0.3, 0.4) is 0 Å². The van der Waals surface area contributed by atoms with Crippen molar-refractivity contribution in [3.63, 3.8) is 0 Å². The second-order valence-corrected chi connectivity index (χ2v) is 11.0. The molecule has 0 unspecified atom stereocenters. The van der Waals surface area contributed by atoms with Gasteiger partial charge in [0.15, 0.2) is 0 Å². The molecule has 2 amide bonds. The molecule has 164 valence electrons. The van der Waals surface area contributed by atoms with Crippen LogP contribution in [0.5, 0.6) is 5.75 Å². The van der Waals surface area contributed by atoms with Crippen LogP contribution in [-0.2, 0) is 10.2 Å². The SMILES string of the molecule is O=C1NC(=O)/C(=C/c2ccc(-c3ccc(O)c(C45CC6CC(CC(C6)C4)C5)c3)c(F)c2)S1. The smallest absolute Gasteiger partial charge is 0.290 e. The van der Waals surface area contributed by atoms with Gasteiger partial charge in [0.05, 0.1) is 4.91 Å². The fourth-order valence-electron chi connectivity index (χ4n) is 7.00. The zero-order chi connectivity index (χ0) is 22.0. The molecule has 1 heterocycles. The minimum atomic E-state index is -0.455. The Kier molecular flexibility index (Phi) is 4.51. The molecule has 7 rings (SSSR count). The average molecular weight is 450 g/mol. The molecule has 4 nitrogen and oxygen atoms in total. The van der Waals surface area contributed by atoms with E-state index in [1.165, 1.54) is 31.4 Å². The highest BCUT2D eigenvalue weighted by Crippen LogP contribution is 2.62. The van der Waals surface area contributed by atoms with Crippen molar-refractivity contribution in [3.05, 3.63) is 58.2 Å². The summed E-state index contributed by atoms with van der Waals surface area (Å²) in [6, 6.07) is 10.3. The maximum atomic E-state index is 15.1. The highest BCUT2D eigenvalue weighted by Gasteiger charge is 2.52. The van der Waals surface area contributed by atoms with Gasteiger partial charge in [0, 0.05) is 11.1 Å². The summed E-state index contributed by atoms with van der Waals surface area (Å²) in [7, 11) is 0. The molecule has 1 aliphatic heterocycles. The number of halogens is 1. The van der Waals surface area contributed by atoms with E-state index in [2.05, 4.69) is 5.32 Å². The number of phenols is 1. The first kappa shape index (κ1) is 20.0. The van der Waals surface area contributed by atoms with Gasteiger partial charge in [0.25, 0.3) is 11.1 Å². The maximum absolute atomic E-state index is 15.1. The number of hydrogen-bond acceptors (Lipinski definition) is 4. The predicted molar refractivity (Wildman–Crippen MR) is 122 cm³/mol. The van der Waals surface area contributed by atoms with Crippen LogP contribution in [0.4, 0.5) is 9.18 Å². The molecule has 4 aliphatic carbocycles. The van der Waals surface area contributed by atoms with Gasteiger partial charge in [0.2, 0.25) is 0 Å². The third-order valence-electron chi connectivity index (χ3n) is 7.85. The number of carbonyl (C=O) groups excluding carboxylic acids is 2. The predicted octanol–water partition coefficient (Wildman–Crippen LogP) is 5.99. The van der Waals surface area contributed by atoms with Gasteiger partial charge >= 0.3 is 0 Å². The fourth-order valence-corrected chi connectivity index (χ4v) is 7.68. The van der Waals surface area contributed by atoms with Crippen LogP contribution in [-0.4, -0.2) is 16.3 Å². The molecule has 6 heteroatoms. The summed E-state index contributed by atoms with van der Waals surface area (Å²) in [5.74, 6) is 1.74. The quantitative estimate of drug-likeness (QED) is 0.565. The van der Waals surface area contributed by atoms with Crippen molar-refractivity contribution < 1.29 is 19.1 Å². The van der Waals surface area contributed by atoms with Gasteiger partial charge < -0.3 is 5.11 Å². The number of phenolic OH excluding ortho intramolecular Hbond substituents is 1. The first-order chi connectivity index (χ1) is 15.4. The molecule has 4 saturated carbocycles. The van der Waals surface area contributed by atoms with Crippen molar-refractivity contribution in [2.24, 2.45) is 17.8 Å². The van der Waals surface area contributed by atoms with E-state index in [1.54, 1.807) is 24.3 Å². The first-order valence-electron chi connectivity index (χ1n) is 11.3. The zero-order valence-electron chi connectivity index (χ0n) is 17.6. The van der Waals surface area contributed by atoms with E-state index in [0.29, 0.717) is 16.9 Å². The average Bonchev–Trinajstić information content (AvgIpc) is 3.04. The number of thioether (sulfide) groups is 1. The summed E-state index contributed by atoms with van der Waals surface area (Å²) < 4.78 is 15.1. The second-order valence-electron chi connectivity index (χ2n) is 10.0. The van der Waals surface area contributed by atoms with E-state index in [9.17, 15) is 14.7 Å². The number of carbonyl (C=O) groups is 2. The Morgan fingerprint density at radius 1 is 1.00 bits per heavy atom. The molecular formula is C26H24FNO3S. The van der Waals surface area contributed by atoms with Gasteiger partial charge in [0.1, 0.15) is 11.6 Å². The van der Waals surface area contributed by atoms with Crippen molar-refractivity contribution in [3.8, 4) is 16.9 Å². The van der Waals surface area contributed by atoms with Crippen molar-refractivity contribution in [1.82, 2.24) is 5.32 Å². The molecule has 2 aromatic rings. The van der Waals surface area contributed by atoms with Crippen molar-refractivity contribution >= 4 is 29.0 Å². The molecule has 0 radical (unpaired) electrons. The lowest BCUT2D eigenvalue weighted by Gasteiger charge is -2.57. The summed E-state index contributed by atoms with van der Waals surface area (Å²) in [6.07, 6.45) is 8.89. The van der Waals surface area contributed by atoms with Crippen LogP contribution in [0.15, 0.2) is 41.3 Å². The molecule has 4 bridgehead atoms. The Morgan fingerprint density at radius 2 is 1.69 bits per heavy atom. The van der Waals surface area contributed by atoms with Crippen LogP contribution >= 0.6 is 11.8 Å². The van der Waals surface area contributed by atoms with Crippen molar-refractivity contribution in [2.45, 2.75) is 43.9 Å². The Hall–Kier alpha value is -2.60. The normalized spacial score (nSPS) is 32.0. The van der Waals surface area contributed by atoms with Crippen LogP contribution in [0, 0.1) is 23.6 Å². The molecule has 0 spiro atoms. The molecule has 0 atom stereocenters. The monoisotopic (exact) mass is 449 g/mol. The highest BCUT2D eigenvalue weighted by molar-refractivity contribution is 8.18. The van der Waals surface area contributed by atoms with E-state index in [4.69, 9.17) is 0 Å². The molecule has 2 N–H and O–H groups in total. The number of hydrogen-bond donors (Lipinski definition) is 2. The summed E-state index contributed by atoms with van der Waals surface area (Å²) in [4.78, 5) is 23.4. The van der Waals surface area contributed by atoms with Crippen molar-refractivity contribution in [1.29, 1.82) is 0 Å². The third kappa shape index (κ3) is 3.27. The Labute approximate surface area is 190 Å². The minimum absolute atomic E-state index is 0.0231. The van der Waals surface area contributed by atoms with Crippen LogP contribution in [0.1, 0.15) is 49.7 Å². The lowest BCUT2D eigenvalue weighted by molar-refractivity contribution is -0.115. The molecule has 2 aromatic carbocycles. The number of benzene rings is 2. The lowest BCUT2D eigenvalue weighted by Crippen LogP contribution is -2.48. The molecule has 5 aliphatic rings. The number of amides is 2. The summed E-state index contributed by atoms with van der Waals surface area (Å²) in [5.41, 5.74) is 2.76. The first-order valence-corrected chi connectivity index (χ1v) is 12.1. The lowest BCUT2D eigenvalue weighted by atomic mass is 9.48. The van der Waals surface area contributed by atoms with E-state index in [0.717, 1.165) is 59.9 Å². The van der Waals surface area contributed by atoms with Crippen LogP contribution in [0.25, 0.3) is 17.2 Å². The Morgan fingerprint density at radius 3 is 2.28 bits per heavy atom. The van der Waals surface area contributed by atoms with E-state index in [-0.39, 0.29) is 10.3 Å². The summed E-state index contributed by atoms with van der Waals surface area (Å²) in [6.45, 7) is 0. The molecule has 0 aromatic heterocycles. The largest absolute Gasteiger partial charge is 0.508 e. The fraction of sp³-hybridized carbons (Fsp3) is 0.385. The second kappa shape index (κ2) is 7.20. The Balaban J connectivity index is 1.35. The van der Waals surface area contributed by atoms with E-state index < -0.39 is 17.0 Å². The van der Waals surface area contributed by atoms with E-state index >= 15 is 4.39 Å². The number of aromatic hydroxyl groups is 1. The van der Waals surface area contributed by atoms with E-state index in [1.807, 2.05) is 6.07 Å². The van der Waals surface area contributed by atoms with Crippen molar-refractivity contribution in [2.75, 3.05) is 0 Å². The van der Waals surface area contributed by atoms with Crippen LogP contribution in [0.2, 0.25) is 0 Å². The number of nitrogens with one attached hydrogen (secondary N) is 1. The topological polar surface area (TPSA) is 66.4 Å². The van der Waals surface area contributed by atoms with Gasteiger partial charge in [-0.1, -0.05) is 18.2 Å². The van der Waals surface area contributed by atoms with Gasteiger partial charge in [-0.15, -0.1) is 0 Å². The van der Waals surface area contributed by atoms with Crippen LogP contribution < -0.4 is 5.32 Å². The number of rotatable bonds is 3. The summed E-state index contributed by atoms with van der Waals surface area (Å²) in [5, 5.41) is 12.6.